The zero-order chi connectivity index (χ0) is 11.0. The molecule has 78 valence electrons. The van der Waals surface area contributed by atoms with Gasteiger partial charge in [-0.2, -0.15) is 0 Å². The first-order valence-electron chi connectivity index (χ1n) is 4.49. The number of hydrogen-bond donors (Lipinski definition) is 0. The van der Waals surface area contributed by atoms with Crippen LogP contribution in [0.15, 0.2) is 27.5 Å². The maximum atomic E-state index is 12.0. The summed E-state index contributed by atoms with van der Waals surface area (Å²) in [6.45, 7) is 2.38. The Bertz CT molecular complexity index is 579. The summed E-state index contributed by atoms with van der Waals surface area (Å²) in [5, 5.41) is 0.813. The summed E-state index contributed by atoms with van der Waals surface area (Å²) < 4.78 is 2.30. The van der Waals surface area contributed by atoms with Crippen molar-refractivity contribution in [2.24, 2.45) is 0 Å². The number of nitrogens with zero attached hydrogens (tertiary/aromatic N) is 2. The van der Waals surface area contributed by atoms with E-state index in [2.05, 4.69) is 20.9 Å². The highest BCUT2D eigenvalue weighted by atomic mass is 79.9. The lowest BCUT2D eigenvalue weighted by atomic mass is 10.2. The van der Waals surface area contributed by atoms with Crippen molar-refractivity contribution < 1.29 is 0 Å². The molecular weight excluding hydrogens is 279 g/mol. The van der Waals surface area contributed by atoms with E-state index in [1.54, 1.807) is 12.1 Å². The second-order valence-corrected chi connectivity index (χ2v) is 4.35. The Morgan fingerprint density at radius 1 is 1.53 bits per heavy atom. The molecule has 0 atom stereocenters. The zero-order valence-corrected chi connectivity index (χ0v) is 10.3. The SMILES string of the molecule is CCn1c(Cl)nc2ccc(Br)cc2c1=O. The van der Waals surface area contributed by atoms with Gasteiger partial charge in [0.25, 0.3) is 5.56 Å². The minimum atomic E-state index is -0.103. The molecule has 1 aromatic carbocycles. The molecule has 3 nitrogen and oxygen atoms in total. The first-order chi connectivity index (χ1) is 7.13. The van der Waals surface area contributed by atoms with Gasteiger partial charge in [-0.15, -0.1) is 0 Å². The molecule has 0 spiro atoms. The van der Waals surface area contributed by atoms with Crippen LogP contribution >= 0.6 is 27.5 Å². The van der Waals surface area contributed by atoms with Crippen LogP contribution in [0.3, 0.4) is 0 Å². The second-order valence-electron chi connectivity index (χ2n) is 3.09. The molecule has 1 heterocycles. The van der Waals surface area contributed by atoms with Crippen molar-refractivity contribution in [2.45, 2.75) is 13.5 Å². The van der Waals surface area contributed by atoms with Crippen LogP contribution < -0.4 is 5.56 Å². The fourth-order valence-corrected chi connectivity index (χ4v) is 2.09. The van der Waals surface area contributed by atoms with Gasteiger partial charge in [0.2, 0.25) is 5.28 Å². The van der Waals surface area contributed by atoms with Gasteiger partial charge in [-0.25, -0.2) is 4.98 Å². The van der Waals surface area contributed by atoms with Gasteiger partial charge in [0, 0.05) is 11.0 Å². The Balaban J connectivity index is 2.92. The van der Waals surface area contributed by atoms with Gasteiger partial charge in [-0.3, -0.25) is 9.36 Å². The van der Waals surface area contributed by atoms with E-state index in [1.165, 1.54) is 4.57 Å². The van der Waals surface area contributed by atoms with Crippen LogP contribution in [-0.4, -0.2) is 9.55 Å². The molecule has 0 unspecified atom stereocenters. The lowest BCUT2D eigenvalue weighted by Gasteiger charge is -2.06. The number of halogens is 2. The molecule has 0 aliphatic rings. The van der Waals surface area contributed by atoms with Crippen LogP contribution in [0.1, 0.15) is 6.92 Å². The maximum Gasteiger partial charge on any atom is 0.262 e. The Kier molecular flexibility index (Phi) is 2.80. The van der Waals surface area contributed by atoms with E-state index in [9.17, 15) is 4.79 Å². The quantitative estimate of drug-likeness (QED) is 0.756. The minimum absolute atomic E-state index is 0.103. The minimum Gasteiger partial charge on any atom is -0.283 e. The van der Waals surface area contributed by atoms with Crippen LogP contribution in [0.2, 0.25) is 5.28 Å². The molecule has 0 saturated heterocycles. The van der Waals surface area contributed by atoms with Gasteiger partial charge in [-0.05, 0) is 36.7 Å². The molecule has 15 heavy (non-hydrogen) atoms. The smallest absolute Gasteiger partial charge is 0.262 e. The van der Waals surface area contributed by atoms with E-state index in [-0.39, 0.29) is 10.8 Å². The van der Waals surface area contributed by atoms with E-state index in [4.69, 9.17) is 11.6 Å². The molecule has 0 N–H and O–H groups in total. The average Bonchev–Trinajstić information content (AvgIpc) is 2.20. The third-order valence-corrected chi connectivity index (χ3v) is 2.97. The van der Waals surface area contributed by atoms with Crippen molar-refractivity contribution in [3.8, 4) is 0 Å². The molecule has 5 heteroatoms. The summed E-state index contributed by atoms with van der Waals surface area (Å²) in [5.74, 6) is 0. The molecule has 0 aliphatic carbocycles. The molecule has 0 fully saturated rings. The molecule has 0 bridgehead atoms. The van der Waals surface area contributed by atoms with Gasteiger partial charge in [-0.1, -0.05) is 15.9 Å². The van der Waals surface area contributed by atoms with Crippen molar-refractivity contribution >= 4 is 38.4 Å². The first-order valence-corrected chi connectivity index (χ1v) is 5.66. The number of rotatable bonds is 1. The van der Waals surface area contributed by atoms with Gasteiger partial charge in [0.15, 0.2) is 0 Å². The van der Waals surface area contributed by atoms with Gasteiger partial charge < -0.3 is 0 Å². The van der Waals surface area contributed by atoms with Crippen LogP contribution in [0, 0.1) is 0 Å². The topological polar surface area (TPSA) is 34.9 Å². The predicted octanol–water partition coefficient (Wildman–Crippen LogP) is 2.83. The predicted molar refractivity (Wildman–Crippen MR) is 64.4 cm³/mol. The normalized spacial score (nSPS) is 10.9. The van der Waals surface area contributed by atoms with Crippen molar-refractivity contribution in [3.63, 3.8) is 0 Å². The lowest BCUT2D eigenvalue weighted by molar-refractivity contribution is 0.719. The van der Waals surface area contributed by atoms with Crippen LogP contribution in [0.5, 0.6) is 0 Å². The molecule has 0 radical (unpaired) electrons. The average molecular weight is 288 g/mol. The largest absolute Gasteiger partial charge is 0.283 e. The highest BCUT2D eigenvalue weighted by molar-refractivity contribution is 9.10. The molecule has 0 aliphatic heterocycles. The van der Waals surface area contributed by atoms with Crippen LogP contribution in [-0.2, 0) is 6.54 Å². The third-order valence-electron chi connectivity index (χ3n) is 2.19. The summed E-state index contributed by atoms with van der Waals surface area (Å²) in [5.41, 5.74) is 0.520. The Morgan fingerprint density at radius 2 is 2.27 bits per heavy atom. The van der Waals surface area contributed by atoms with E-state index in [0.29, 0.717) is 17.4 Å². The van der Waals surface area contributed by atoms with Crippen molar-refractivity contribution in [2.75, 3.05) is 0 Å². The Hall–Kier alpha value is -0.870. The van der Waals surface area contributed by atoms with Gasteiger partial charge >= 0.3 is 0 Å². The summed E-state index contributed by atoms with van der Waals surface area (Å²) in [4.78, 5) is 16.1. The number of fused-ring (bicyclic) bond motifs is 1. The molecular formula is C10H8BrClN2O. The Labute approximate surface area is 99.8 Å². The molecule has 2 aromatic rings. The zero-order valence-electron chi connectivity index (χ0n) is 8.00. The molecule has 0 amide bonds. The van der Waals surface area contributed by atoms with E-state index in [0.717, 1.165) is 4.47 Å². The second kappa shape index (κ2) is 3.94. The first kappa shape index (κ1) is 10.6. The monoisotopic (exact) mass is 286 g/mol. The summed E-state index contributed by atoms with van der Waals surface area (Å²) in [6, 6.07) is 5.36. The van der Waals surface area contributed by atoms with Gasteiger partial charge in [0.1, 0.15) is 0 Å². The molecule has 0 saturated carbocycles. The number of benzene rings is 1. The molecule has 2 rings (SSSR count). The van der Waals surface area contributed by atoms with E-state index in [1.807, 2.05) is 13.0 Å². The Morgan fingerprint density at radius 3 is 2.93 bits per heavy atom. The maximum absolute atomic E-state index is 12.0. The van der Waals surface area contributed by atoms with Crippen LogP contribution in [0.25, 0.3) is 10.9 Å². The van der Waals surface area contributed by atoms with E-state index < -0.39 is 0 Å². The lowest BCUT2D eigenvalue weighted by Crippen LogP contribution is -2.21. The van der Waals surface area contributed by atoms with Gasteiger partial charge in [0.05, 0.1) is 10.9 Å². The summed E-state index contributed by atoms with van der Waals surface area (Å²) >= 11 is 9.21. The van der Waals surface area contributed by atoms with Crippen LogP contribution in [0.4, 0.5) is 0 Å². The standard InChI is InChI=1S/C10H8BrClN2O/c1-2-14-9(15)7-5-6(11)3-4-8(7)13-10(14)12/h3-5H,2H2,1H3. The third kappa shape index (κ3) is 1.79. The summed E-state index contributed by atoms with van der Waals surface area (Å²) in [6.07, 6.45) is 0. The summed E-state index contributed by atoms with van der Waals surface area (Å²) in [7, 11) is 0. The highest BCUT2D eigenvalue weighted by Crippen LogP contribution is 2.17. The van der Waals surface area contributed by atoms with Crippen molar-refractivity contribution in [1.29, 1.82) is 0 Å². The highest BCUT2D eigenvalue weighted by Gasteiger charge is 2.07. The fraction of sp³-hybridized carbons (Fsp3) is 0.200. The van der Waals surface area contributed by atoms with Crippen molar-refractivity contribution in [1.82, 2.24) is 9.55 Å². The molecule has 1 aromatic heterocycles. The number of hydrogen-bond acceptors (Lipinski definition) is 2. The number of aromatic nitrogens is 2. The fourth-order valence-electron chi connectivity index (χ4n) is 1.44. The van der Waals surface area contributed by atoms with Crippen molar-refractivity contribution in [3.05, 3.63) is 38.3 Å². The van der Waals surface area contributed by atoms with E-state index >= 15 is 0 Å².